The van der Waals surface area contributed by atoms with Gasteiger partial charge in [-0.3, -0.25) is 14.8 Å². The number of nitro groups is 1. The molecule has 2 aromatic rings. The summed E-state index contributed by atoms with van der Waals surface area (Å²) in [5.74, 6) is 0. The van der Waals surface area contributed by atoms with Crippen LogP contribution in [0.2, 0.25) is 0 Å². The normalized spacial score (nSPS) is 14.6. The quantitative estimate of drug-likeness (QED) is 0.632. The number of benzene rings is 1. The molecule has 0 radical (unpaired) electrons. The van der Waals surface area contributed by atoms with Crippen molar-refractivity contribution in [3.05, 3.63) is 46.3 Å². The van der Waals surface area contributed by atoms with Crippen molar-refractivity contribution in [2.45, 2.75) is 25.3 Å². The summed E-state index contributed by atoms with van der Waals surface area (Å²) in [5, 5.41) is 24.2. The largest absolute Gasteiger partial charge is 0.270 e. The molecule has 0 N–H and O–H groups in total. The molecule has 0 saturated heterocycles. The van der Waals surface area contributed by atoms with Crippen LogP contribution in [-0.4, -0.2) is 14.7 Å². The lowest BCUT2D eigenvalue weighted by Gasteiger charge is -2.25. The Hall–Kier alpha value is -2.68. The summed E-state index contributed by atoms with van der Waals surface area (Å²) in [6.45, 7) is 0. The summed E-state index contributed by atoms with van der Waals surface area (Å²) >= 11 is 0. The fourth-order valence-electron chi connectivity index (χ4n) is 2.32. The van der Waals surface area contributed by atoms with E-state index in [2.05, 4.69) is 5.10 Å². The molecule has 1 aliphatic carbocycles. The van der Waals surface area contributed by atoms with Crippen LogP contribution in [0, 0.1) is 21.4 Å². The first-order valence-electron chi connectivity index (χ1n) is 6.42. The highest BCUT2D eigenvalue weighted by Gasteiger charge is 2.21. The van der Waals surface area contributed by atoms with Crippen molar-refractivity contribution in [3.8, 4) is 17.2 Å². The molecular weight excluding hydrogens is 256 g/mol. The minimum atomic E-state index is -0.498. The van der Waals surface area contributed by atoms with Crippen molar-refractivity contribution in [1.82, 2.24) is 9.78 Å². The van der Waals surface area contributed by atoms with E-state index in [9.17, 15) is 10.1 Å². The van der Waals surface area contributed by atoms with Crippen LogP contribution in [0.5, 0.6) is 0 Å². The standard InChI is InChI=1S/C14H12N4O2/c15-7-10-6-13(18(19)20)4-5-14(10)11-8-16-17(9-11)12-2-1-3-12/h4-6,8-9,12H,1-3H2. The van der Waals surface area contributed by atoms with Crippen LogP contribution in [0.4, 0.5) is 5.69 Å². The first-order chi connectivity index (χ1) is 9.69. The van der Waals surface area contributed by atoms with Crippen LogP contribution in [0.15, 0.2) is 30.6 Å². The Morgan fingerprint density at radius 2 is 2.25 bits per heavy atom. The molecule has 0 bridgehead atoms. The highest BCUT2D eigenvalue weighted by molar-refractivity contribution is 5.71. The fraction of sp³-hybridized carbons (Fsp3) is 0.286. The Balaban J connectivity index is 1.99. The maximum absolute atomic E-state index is 10.7. The van der Waals surface area contributed by atoms with Crippen molar-refractivity contribution in [1.29, 1.82) is 5.26 Å². The van der Waals surface area contributed by atoms with E-state index in [1.807, 2.05) is 16.9 Å². The second kappa shape index (κ2) is 4.78. The van der Waals surface area contributed by atoms with Crippen LogP contribution in [0.25, 0.3) is 11.1 Å². The van der Waals surface area contributed by atoms with Gasteiger partial charge in [-0.05, 0) is 25.3 Å². The van der Waals surface area contributed by atoms with Gasteiger partial charge in [-0.25, -0.2) is 0 Å². The predicted molar refractivity (Wildman–Crippen MR) is 71.9 cm³/mol. The van der Waals surface area contributed by atoms with Crippen molar-refractivity contribution in [2.75, 3.05) is 0 Å². The molecule has 1 aliphatic rings. The SMILES string of the molecule is N#Cc1cc([N+](=O)[O-])ccc1-c1cnn(C2CCC2)c1. The van der Waals surface area contributed by atoms with Gasteiger partial charge in [0.1, 0.15) is 6.07 Å². The molecule has 6 heteroatoms. The highest BCUT2D eigenvalue weighted by atomic mass is 16.6. The number of hydrogen-bond donors (Lipinski definition) is 0. The van der Waals surface area contributed by atoms with E-state index in [-0.39, 0.29) is 5.69 Å². The number of hydrogen-bond acceptors (Lipinski definition) is 4. The molecular formula is C14H12N4O2. The van der Waals surface area contributed by atoms with E-state index in [1.165, 1.54) is 18.6 Å². The maximum atomic E-state index is 10.7. The van der Waals surface area contributed by atoms with Gasteiger partial charge in [0, 0.05) is 29.5 Å². The molecule has 1 aromatic carbocycles. The van der Waals surface area contributed by atoms with Crippen LogP contribution >= 0.6 is 0 Å². The van der Waals surface area contributed by atoms with Crippen LogP contribution in [0.3, 0.4) is 0 Å². The zero-order valence-electron chi connectivity index (χ0n) is 10.7. The average Bonchev–Trinajstić information content (AvgIpc) is 2.85. The van der Waals surface area contributed by atoms with Crippen molar-refractivity contribution in [3.63, 3.8) is 0 Å². The van der Waals surface area contributed by atoms with Crippen molar-refractivity contribution >= 4 is 5.69 Å². The molecule has 3 rings (SSSR count). The third kappa shape index (κ3) is 2.03. The topological polar surface area (TPSA) is 84.8 Å². The van der Waals surface area contributed by atoms with E-state index in [0.29, 0.717) is 17.2 Å². The van der Waals surface area contributed by atoms with Gasteiger partial charge >= 0.3 is 0 Å². The summed E-state index contributed by atoms with van der Waals surface area (Å²) in [6, 6.07) is 6.79. The summed E-state index contributed by atoms with van der Waals surface area (Å²) in [4.78, 5) is 10.2. The monoisotopic (exact) mass is 268 g/mol. The molecule has 0 amide bonds. The summed E-state index contributed by atoms with van der Waals surface area (Å²) in [5.41, 5.74) is 1.73. The van der Waals surface area contributed by atoms with Gasteiger partial charge in [0.2, 0.25) is 0 Å². The zero-order valence-corrected chi connectivity index (χ0v) is 10.7. The van der Waals surface area contributed by atoms with Gasteiger partial charge in [-0.1, -0.05) is 0 Å². The number of rotatable bonds is 3. The third-order valence-corrected chi connectivity index (χ3v) is 3.70. The number of nitro benzene ring substituents is 1. The Kier molecular flexibility index (Phi) is 2.95. The summed E-state index contributed by atoms with van der Waals surface area (Å²) < 4.78 is 1.92. The second-order valence-electron chi connectivity index (χ2n) is 4.89. The Morgan fingerprint density at radius 1 is 1.45 bits per heavy atom. The molecule has 0 atom stereocenters. The van der Waals surface area contributed by atoms with Gasteiger partial charge < -0.3 is 0 Å². The zero-order chi connectivity index (χ0) is 14.1. The molecule has 0 aliphatic heterocycles. The number of non-ortho nitro benzene ring substituents is 1. The lowest BCUT2D eigenvalue weighted by atomic mass is 9.93. The molecule has 20 heavy (non-hydrogen) atoms. The fourth-order valence-corrected chi connectivity index (χ4v) is 2.32. The lowest BCUT2D eigenvalue weighted by Crippen LogP contribution is -2.16. The number of aromatic nitrogens is 2. The van der Waals surface area contributed by atoms with Gasteiger partial charge in [0.25, 0.3) is 5.69 Å². The van der Waals surface area contributed by atoms with E-state index in [0.717, 1.165) is 18.4 Å². The van der Waals surface area contributed by atoms with E-state index in [1.54, 1.807) is 12.3 Å². The van der Waals surface area contributed by atoms with Gasteiger partial charge in [-0.15, -0.1) is 0 Å². The predicted octanol–water partition coefficient (Wildman–Crippen LogP) is 3.05. The van der Waals surface area contributed by atoms with E-state index < -0.39 is 4.92 Å². The first-order valence-corrected chi connectivity index (χ1v) is 6.42. The molecule has 1 aromatic heterocycles. The highest BCUT2D eigenvalue weighted by Crippen LogP contribution is 2.33. The molecule has 1 saturated carbocycles. The van der Waals surface area contributed by atoms with Crippen LogP contribution < -0.4 is 0 Å². The molecule has 0 unspecified atom stereocenters. The second-order valence-corrected chi connectivity index (χ2v) is 4.89. The Bertz CT molecular complexity index is 710. The van der Waals surface area contributed by atoms with Crippen molar-refractivity contribution < 1.29 is 4.92 Å². The molecule has 100 valence electrons. The number of nitriles is 1. The summed E-state index contributed by atoms with van der Waals surface area (Å²) in [7, 11) is 0. The van der Waals surface area contributed by atoms with Gasteiger partial charge in [-0.2, -0.15) is 10.4 Å². The minimum absolute atomic E-state index is 0.0725. The van der Waals surface area contributed by atoms with Gasteiger partial charge in [0.05, 0.1) is 22.7 Å². The van der Waals surface area contributed by atoms with E-state index in [4.69, 9.17) is 5.26 Å². The third-order valence-electron chi connectivity index (χ3n) is 3.70. The maximum Gasteiger partial charge on any atom is 0.270 e. The smallest absolute Gasteiger partial charge is 0.269 e. The molecule has 0 spiro atoms. The molecule has 1 fully saturated rings. The molecule has 1 heterocycles. The lowest BCUT2D eigenvalue weighted by molar-refractivity contribution is -0.384. The Labute approximate surface area is 115 Å². The number of nitrogens with zero attached hydrogens (tertiary/aromatic N) is 4. The first kappa shape index (κ1) is 12.4. The molecule has 6 nitrogen and oxygen atoms in total. The van der Waals surface area contributed by atoms with Crippen LogP contribution in [0.1, 0.15) is 30.9 Å². The van der Waals surface area contributed by atoms with Gasteiger partial charge in [0.15, 0.2) is 0 Å². The van der Waals surface area contributed by atoms with Crippen molar-refractivity contribution in [2.24, 2.45) is 0 Å². The summed E-state index contributed by atoms with van der Waals surface area (Å²) in [6.07, 6.45) is 7.10. The van der Waals surface area contributed by atoms with E-state index >= 15 is 0 Å². The van der Waals surface area contributed by atoms with Crippen LogP contribution in [-0.2, 0) is 0 Å². The Morgan fingerprint density at radius 3 is 2.85 bits per heavy atom. The minimum Gasteiger partial charge on any atom is -0.269 e. The average molecular weight is 268 g/mol.